The molecule has 3 heteroatoms. The van der Waals surface area contributed by atoms with Crippen molar-refractivity contribution in [2.75, 3.05) is 33.3 Å². The molecule has 0 atom stereocenters. The van der Waals surface area contributed by atoms with E-state index in [1.54, 1.807) is 0 Å². The molecule has 0 aromatic heterocycles. The van der Waals surface area contributed by atoms with Crippen LogP contribution in [0.5, 0.6) is 0 Å². The molecule has 1 N–H and O–H groups in total. The number of hydrogen-bond acceptors (Lipinski definition) is 1. The van der Waals surface area contributed by atoms with E-state index in [0.717, 1.165) is 11.0 Å². The van der Waals surface area contributed by atoms with Gasteiger partial charge in [-0.05, 0) is 12.8 Å². The van der Waals surface area contributed by atoms with E-state index in [0.29, 0.717) is 6.61 Å². The Morgan fingerprint density at radius 1 is 0.929 bits per heavy atom. The van der Waals surface area contributed by atoms with Gasteiger partial charge in [-0.25, -0.2) is 0 Å². The van der Waals surface area contributed by atoms with Crippen LogP contribution in [0.1, 0.15) is 39.5 Å². The summed E-state index contributed by atoms with van der Waals surface area (Å²) in [5, 5.41) is 8.98. The van der Waals surface area contributed by atoms with Gasteiger partial charge in [-0.2, -0.15) is 0 Å². The molecule has 0 aliphatic rings. The van der Waals surface area contributed by atoms with Crippen molar-refractivity contribution in [2.24, 2.45) is 0 Å². The summed E-state index contributed by atoms with van der Waals surface area (Å²) in [5.74, 6) is 0. The molecule has 0 aromatic carbocycles. The highest BCUT2D eigenvalue weighted by molar-refractivity contribution is 4.42. The lowest BCUT2D eigenvalue weighted by Gasteiger charge is -2.34. The molecule has 0 saturated heterocycles. The van der Waals surface area contributed by atoms with Gasteiger partial charge < -0.3 is 22.0 Å². The first-order valence-corrected chi connectivity index (χ1v) is 5.63. The topological polar surface area (TPSA) is 20.2 Å². The number of halogens is 1. The molecular weight excluding hydrogens is 198 g/mol. The predicted molar refractivity (Wildman–Crippen MR) is 57.7 cm³/mol. The lowest BCUT2D eigenvalue weighted by Crippen LogP contribution is -3.00. The third-order valence-electron chi connectivity index (χ3n) is 2.74. The van der Waals surface area contributed by atoms with Gasteiger partial charge in [-0.1, -0.05) is 26.7 Å². The number of aliphatic hydroxyl groups excluding tert-OH is 1. The molecule has 0 rings (SSSR count). The number of unbranched alkanes of at least 4 members (excludes halogenated alkanes) is 2. The minimum Gasteiger partial charge on any atom is -1.00 e. The monoisotopic (exact) mass is 223 g/mol. The Bertz CT molecular complexity index is 112. The van der Waals surface area contributed by atoms with Crippen molar-refractivity contribution < 1.29 is 22.0 Å². The molecule has 0 amide bonds. The molecule has 2 nitrogen and oxygen atoms in total. The van der Waals surface area contributed by atoms with Gasteiger partial charge in [0, 0.05) is 0 Å². The van der Waals surface area contributed by atoms with Gasteiger partial charge in [0.25, 0.3) is 0 Å². The summed E-state index contributed by atoms with van der Waals surface area (Å²) in [6.07, 6.45) is 5.07. The van der Waals surface area contributed by atoms with Crippen LogP contribution in [0.4, 0.5) is 0 Å². The number of aliphatic hydroxyl groups is 1. The van der Waals surface area contributed by atoms with Crippen molar-refractivity contribution >= 4 is 0 Å². The molecular formula is C11H26ClNO. The predicted octanol–water partition coefficient (Wildman–Crippen LogP) is -0.970. The molecule has 0 unspecified atom stereocenters. The molecule has 0 aliphatic carbocycles. The highest BCUT2D eigenvalue weighted by Crippen LogP contribution is 2.07. The van der Waals surface area contributed by atoms with E-state index < -0.39 is 0 Å². The number of hydrogen-bond donors (Lipinski definition) is 1. The van der Waals surface area contributed by atoms with Crippen LogP contribution in [0.15, 0.2) is 0 Å². The van der Waals surface area contributed by atoms with Gasteiger partial charge in [-0.15, -0.1) is 0 Å². The molecule has 14 heavy (non-hydrogen) atoms. The van der Waals surface area contributed by atoms with Crippen molar-refractivity contribution in [3.8, 4) is 0 Å². The molecule has 0 aromatic rings. The Labute approximate surface area is 95.3 Å². The highest BCUT2D eigenvalue weighted by Gasteiger charge is 2.18. The third-order valence-corrected chi connectivity index (χ3v) is 2.74. The Balaban J connectivity index is 0. The van der Waals surface area contributed by atoms with E-state index in [2.05, 4.69) is 20.9 Å². The van der Waals surface area contributed by atoms with Crippen molar-refractivity contribution in [3.05, 3.63) is 0 Å². The summed E-state index contributed by atoms with van der Waals surface area (Å²) in [4.78, 5) is 0. The average molecular weight is 224 g/mol. The average Bonchev–Trinajstić information content (AvgIpc) is 2.12. The van der Waals surface area contributed by atoms with Gasteiger partial charge in [0.05, 0.1) is 26.7 Å². The molecule has 0 radical (unpaired) electrons. The maximum absolute atomic E-state index is 8.98. The van der Waals surface area contributed by atoms with Crippen LogP contribution in [-0.2, 0) is 0 Å². The van der Waals surface area contributed by atoms with Crippen molar-refractivity contribution in [3.63, 3.8) is 0 Å². The maximum atomic E-state index is 8.98. The molecule has 0 fully saturated rings. The van der Waals surface area contributed by atoms with Crippen LogP contribution in [0.3, 0.4) is 0 Å². The van der Waals surface area contributed by atoms with Gasteiger partial charge in [0.1, 0.15) is 6.54 Å². The molecule has 88 valence electrons. The number of nitrogens with zero attached hydrogens (tertiary/aromatic N) is 1. The molecule has 0 saturated carbocycles. The Kier molecular flexibility index (Phi) is 11.6. The summed E-state index contributed by atoms with van der Waals surface area (Å²) in [6.45, 7) is 8.13. The first-order valence-electron chi connectivity index (χ1n) is 5.63. The summed E-state index contributed by atoms with van der Waals surface area (Å²) < 4.78 is 1.05. The van der Waals surface area contributed by atoms with E-state index in [9.17, 15) is 0 Å². The second-order valence-corrected chi connectivity index (χ2v) is 4.22. The lowest BCUT2D eigenvalue weighted by molar-refractivity contribution is -0.910. The largest absolute Gasteiger partial charge is 1.00 e. The Morgan fingerprint density at radius 2 is 1.36 bits per heavy atom. The Hall–Kier alpha value is 0.210. The molecule has 0 bridgehead atoms. The van der Waals surface area contributed by atoms with E-state index in [4.69, 9.17) is 5.11 Å². The van der Waals surface area contributed by atoms with Gasteiger partial charge in [-0.3, -0.25) is 0 Å². The van der Waals surface area contributed by atoms with Crippen LogP contribution in [0.25, 0.3) is 0 Å². The minimum atomic E-state index is 0. The van der Waals surface area contributed by atoms with Gasteiger partial charge in [0.15, 0.2) is 0 Å². The summed E-state index contributed by atoms with van der Waals surface area (Å²) in [7, 11) is 2.27. The zero-order valence-corrected chi connectivity index (χ0v) is 10.7. The second-order valence-electron chi connectivity index (χ2n) is 4.22. The summed E-state index contributed by atoms with van der Waals surface area (Å²) >= 11 is 0. The van der Waals surface area contributed by atoms with Crippen molar-refractivity contribution in [1.82, 2.24) is 0 Å². The second kappa shape index (κ2) is 9.75. The van der Waals surface area contributed by atoms with Gasteiger partial charge in [0.2, 0.25) is 0 Å². The van der Waals surface area contributed by atoms with Crippen molar-refractivity contribution in [2.45, 2.75) is 39.5 Å². The van der Waals surface area contributed by atoms with Crippen LogP contribution in [-0.4, -0.2) is 42.9 Å². The van der Waals surface area contributed by atoms with Crippen LogP contribution >= 0.6 is 0 Å². The zero-order chi connectivity index (χ0) is 10.2. The van der Waals surface area contributed by atoms with Crippen LogP contribution in [0.2, 0.25) is 0 Å². The minimum absolute atomic E-state index is 0. The molecule has 0 spiro atoms. The summed E-state index contributed by atoms with van der Waals surface area (Å²) in [6, 6.07) is 0. The maximum Gasteiger partial charge on any atom is 0.102 e. The fourth-order valence-corrected chi connectivity index (χ4v) is 1.66. The van der Waals surface area contributed by atoms with E-state index >= 15 is 0 Å². The SMILES string of the molecule is CCCC[N+](C)(CCO)CCCC.[Cl-]. The Morgan fingerprint density at radius 3 is 1.64 bits per heavy atom. The quantitative estimate of drug-likeness (QED) is 0.526. The van der Waals surface area contributed by atoms with E-state index in [1.807, 2.05) is 0 Å². The first kappa shape index (κ1) is 16.6. The fraction of sp³-hybridized carbons (Fsp3) is 1.00. The van der Waals surface area contributed by atoms with Crippen molar-refractivity contribution in [1.29, 1.82) is 0 Å². The standard InChI is InChI=1S/C11H26NO.ClH/c1-4-6-8-12(3,10-11-13)9-7-5-2;/h13H,4-11H2,1-3H3;1H/q+1;/p-1. The van der Waals surface area contributed by atoms with Gasteiger partial charge >= 0.3 is 0 Å². The normalized spacial score (nSPS) is 11.1. The molecule has 0 aliphatic heterocycles. The zero-order valence-electron chi connectivity index (χ0n) is 9.93. The number of quaternary nitrogens is 1. The first-order chi connectivity index (χ1) is 6.18. The van der Waals surface area contributed by atoms with E-state index in [1.165, 1.54) is 38.8 Å². The lowest BCUT2D eigenvalue weighted by atomic mass is 10.2. The fourth-order valence-electron chi connectivity index (χ4n) is 1.66. The van der Waals surface area contributed by atoms with Crippen LogP contribution < -0.4 is 12.4 Å². The number of rotatable bonds is 8. The number of likely N-dealkylation sites (N-methyl/N-ethyl adjacent to an activating group) is 1. The third kappa shape index (κ3) is 7.60. The summed E-state index contributed by atoms with van der Waals surface area (Å²) in [5.41, 5.74) is 0. The smallest absolute Gasteiger partial charge is 0.102 e. The molecule has 0 heterocycles. The van der Waals surface area contributed by atoms with E-state index in [-0.39, 0.29) is 12.4 Å². The van der Waals surface area contributed by atoms with Crippen LogP contribution in [0, 0.1) is 0 Å². The highest BCUT2D eigenvalue weighted by atomic mass is 35.5.